The highest BCUT2D eigenvalue weighted by Crippen LogP contribution is 2.20. The van der Waals surface area contributed by atoms with E-state index in [2.05, 4.69) is 75.4 Å². The van der Waals surface area contributed by atoms with E-state index >= 15 is 0 Å². The molecular weight excluding hydrogens is 390 g/mol. The Bertz CT molecular complexity index is 1010. The van der Waals surface area contributed by atoms with Gasteiger partial charge in [0.05, 0.1) is 17.6 Å². The Morgan fingerprint density at radius 1 is 1.10 bits per heavy atom. The quantitative estimate of drug-likeness (QED) is 0.297. The first-order valence-corrected chi connectivity index (χ1v) is 10.7. The van der Waals surface area contributed by atoms with Crippen LogP contribution in [0.1, 0.15) is 23.4 Å². The number of hydrogen-bond donors (Lipinski definition) is 2. The molecule has 7 heteroatoms. The molecule has 0 spiro atoms. The number of nitrogens with zero attached hydrogens (tertiary/aromatic N) is 3. The van der Waals surface area contributed by atoms with Crippen molar-refractivity contribution >= 4 is 17.0 Å². The summed E-state index contributed by atoms with van der Waals surface area (Å²) in [5.74, 6) is 2.70. The van der Waals surface area contributed by atoms with Crippen LogP contribution in [0, 0.1) is 13.8 Å². The van der Waals surface area contributed by atoms with Crippen molar-refractivity contribution < 1.29 is 9.47 Å². The normalized spacial score (nSPS) is 11.7. The second kappa shape index (κ2) is 11.4. The minimum Gasteiger partial charge on any atom is -0.491 e. The second-order valence-corrected chi connectivity index (χ2v) is 7.46. The fourth-order valence-electron chi connectivity index (χ4n) is 3.50. The average Bonchev–Trinajstić information content (AvgIpc) is 3.09. The van der Waals surface area contributed by atoms with Gasteiger partial charge in [-0.2, -0.15) is 0 Å². The molecule has 2 N–H and O–H groups in total. The lowest BCUT2D eigenvalue weighted by Crippen LogP contribution is -2.37. The van der Waals surface area contributed by atoms with Crippen molar-refractivity contribution in [1.29, 1.82) is 0 Å². The number of para-hydroxylation sites is 2. The highest BCUT2D eigenvalue weighted by atomic mass is 16.5. The van der Waals surface area contributed by atoms with E-state index in [1.54, 1.807) is 14.2 Å². The number of aromatic nitrogens is 2. The van der Waals surface area contributed by atoms with Crippen LogP contribution >= 0.6 is 0 Å². The molecule has 166 valence electrons. The van der Waals surface area contributed by atoms with Gasteiger partial charge in [0.1, 0.15) is 18.2 Å². The van der Waals surface area contributed by atoms with E-state index in [1.165, 1.54) is 11.1 Å². The number of nitrogens with one attached hydrogen (secondary N) is 2. The van der Waals surface area contributed by atoms with Gasteiger partial charge in [-0.25, -0.2) is 4.98 Å². The van der Waals surface area contributed by atoms with Gasteiger partial charge in [-0.05, 0) is 44.0 Å². The fraction of sp³-hybridized carbons (Fsp3) is 0.417. The van der Waals surface area contributed by atoms with Crippen LogP contribution in [0.15, 0.2) is 47.5 Å². The fourth-order valence-corrected chi connectivity index (χ4v) is 3.50. The number of ether oxygens (including phenoxy) is 2. The lowest BCUT2D eigenvalue weighted by Gasteiger charge is -2.15. The largest absolute Gasteiger partial charge is 0.491 e. The van der Waals surface area contributed by atoms with Gasteiger partial charge in [-0.3, -0.25) is 4.99 Å². The van der Waals surface area contributed by atoms with Crippen molar-refractivity contribution in [1.82, 2.24) is 20.2 Å². The van der Waals surface area contributed by atoms with E-state index in [0.29, 0.717) is 19.8 Å². The van der Waals surface area contributed by atoms with Gasteiger partial charge in [0.2, 0.25) is 0 Å². The summed E-state index contributed by atoms with van der Waals surface area (Å²) in [5.41, 5.74) is 4.49. The van der Waals surface area contributed by atoms with Crippen LogP contribution in [-0.2, 0) is 17.8 Å². The molecule has 0 bridgehead atoms. The van der Waals surface area contributed by atoms with E-state index in [1.807, 2.05) is 6.07 Å². The van der Waals surface area contributed by atoms with Crippen LogP contribution in [0.3, 0.4) is 0 Å². The molecule has 3 rings (SSSR count). The third-order valence-electron chi connectivity index (χ3n) is 5.13. The highest BCUT2D eigenvalue weighted by Gasteiger charge is 2.08. The molecule has 0 fully saturated rings. The van der Waals surface area contributed by atoms with Gasteiger partial charge < -0.3 is 24.7 Å². The summed E-state index contributed by atoms with van der Waals surface area (Å²) < 4.78 is 13.2. The zero-order chi connectivity index (χ0) is 22.1. The summed E-state index contributed by atoms with van der Waals surface area (Å²) in [7, 11) is 3.46. The van der Waals surface area contributed by atoms with Crippen molar-refractivity contribution in [3.63, 3.8) is 0 Å². The number of hydrogen-bond acceptors (Lipinski definition) is 4. The monoisotopic (exact) mass is 423 g/mol. The highest BCUT2D eigenvalue weighted by molar-refractivity contribution is 5.79. The van der Waals surface area contributed by atoms with E-state index in [4.69, 9.17) is 9.47 Å². The minimum atomic E-state index is 0.530. The number of aliphatic imine (C=N–C) groups is 1. The number of fused-ring (bicyclic) bond motifs is 1. The lowest BCUT2D eigenvalue weighted by atomic mass is 10.1. The Balaban J connectivity index is 1.49. The summed E-state index contributed by atoms with van der Waals surface area (Å²) in [5, 5.41) is 6.78. The van der Waals surface area contributed by atoms with E-state index in [0.717, 1.165) is 48.1 Å². The molecule has 0 aliphatic rings. The van der Waals surface area contributed by atoms with Crippen LogP contribution in [0.2, 0.25) is 0 Å². The molecule has 0 radical (unpaired) electrons. The summed E-state index contributed by atoms with van der Waals surface area (Å²) in [6.45, 7) is 7.57. The summed E-state index contributed by atoms with van der Waals surface area (Å²) in [6.07, 6.45) is 0.970. The van der Waals surface area contributed by atoms with Gasteiger partial charge in [0.15, 0.2) is 5.96 Å². The maximum absolute atomic E-state index is 5.88. The van der Waals surface area contributed by atoms with Gasteiger partial charge in [-0.15, -0.1) is 0 Å². The predicted octanol–water partition coefficient (Wildman–Crippen LogP) is 3.43. The van der Waals surface area contributed by atoms with Crippen molar-refractivity contribution in [2.24, 2.45) is 4.99 Å². The Kier molecular flexibility index (Phi) is 8.29. The molecule has 0 saturated carbocycles. The molecule has 3 aromatic rings. The number of methoxy groups -OCH3 is 1. The smallest absolute Gasteiger partial charge is 0.191 e. The molecule has 1 heterocycles. The molecule has 0 amide bonds. The van der Waals surface area contributed by atoms with Crippen LogP contribution in [0.5, 0.6) is 5.75 Å². The zero-order valence-electron chi connectivity index (χ0n) is 18.9. The summed E-state index contributed by atoms with van der Waals surface area (Å²) >= 11 is 0. The molecule has 0 aliphatic heterocycles. The molecule has 7 nitrogen and oxygen atoms in total. The van der Waals surface area contributed by atoms with Crippen LogP contribution in [0.4, 0.5) is 0 Å². The van der Waals surface area contributed by atoms with Crippen LogP contribution in [0.25, 0.3) is 11.0 Å². The molecule has 2 aromatic carbocycles. The van der Waals surface area contributed by atoms with Crippen molar-refractivity contribution in [3.05, 3.63) is 59.4 Å². The van der Waals surface area contributed by atoms with Gasteiger partial charge in [0, 0.05) is 39.4 Å². The average molecular weight is 424 g/mol. The number of aryl methyl sites for hydroxylation is 3. The van der Waals surface area contributed by atoms with E-state index in [-0.39, 0.29) is 0 Å². The molecule has 31 heavy (non-hydrogen) atoms. The number of rotatable bonds is 10. The molecule has 1 aromatic heterocycles. The third kappa shape index (κ3) is 6.21. The topological polar surface area (TPSA) is 72.7 Å². The third-order valence-corrected chi connectivity index (χ3v) is 5.13. The van der Waals surface area contributed by atoms with Gasteiger partial charge >= 0.3 is 0 Å². The first kappa shape index (κ1) is 22.6. The van der Waals surface area contributed by atoms with Crippen LogP contribution in [-0.4, -0.2) is 49.4 Å². The first-order chi connectivity index (χ1) is 15.1. The number of benzene rings is 2. The molecule has 0 atom stereocenters. The standard InChI is InChI=1S/C24H33N5O2/c1-18-10-11-20(23(16-18)31-15-14-30-4)17-27-24(25-3)26-12-7-13-29-19(2)28-21-8-5-6-9-22(21)29/h5-6,8-11,16H,7,12-15,17H2,1-4H3,(H2,25,26,27). The predicted molar refractivity (Wildman–Crippen MR) is 126 cm³/mol. The number of guanidine groups is 1. The Labute approximate surface area is 184 Å². The molecule has 0 unspecified atom stereocenters. The van der Waals surface area contributed by atoms with Crippen LogP contribution < -0.4 is 15.4 Å². The summed E-state index contributed by atoms with van der Waals surface area (Å²) in [4.78, 5) is 8.98. The van der Waals surface area contributed by atoms with Crippen molar-refractivity contribution in [3.8, 4) is 5.75 Å². The maximum Gasteiger partial charge on any atom is 0.191 e. The zero-order valence-corrected chi connectivity index (χ0v) is 18.9. The minimum absolute atomic E-state index is 0.530. The summed E-state index contributed by atoms with van der Waals surface area (Å²) in [6, 6.07) is 14.5. The Morgan fingerprint density at radius 3 is 2.74 bits per heavy atom. The first-order valence-electron chi connectivity index (χ1n) is 10.7. The molecule has 0 aliphatic carbocycles. The molecular formula is C24H33N5O2. The Hall–Kier alpha value is -3.06. The van der Waals surface area contributed by atoms with Gasteiger partial charge in [-0.1, -0.05) is 24.3 Å². The van der Waals surface area contributed by atoms with E-state index < -0.39 is 0 Å². The van der Waals surface area contributed by atoms with Crippen molar-refractivity contribution in [2.75, 3.05) is 33.9 Å². The number of imidazole rings is 1. The Morgan fingerprint density at radius 2 is 1.94 bits per heavy atom. The second-order valence-electron chi connectivity index (χ2n) is 7.46. The van der Waals surface area contributed by atoms with E-state index in [9.17, 15) is 0 Å². The van der Waals surface area contributed by atoms with Crippen molar-refractivity contribution in [2.45, 2.75) is 33.4 Å². The lowest BCUT2D eigenvalue weighted by molar-refractivity contribution is 0.145. The molecule has 0 saturated heterocycles. The maximum atomic E-state index is 5.88. The van der Waals surface area contributed by atoms with Gasteiger partial charge in [0.25, 0.3) is 0 Å². The SMILES string of the molecule is CN=C(NCCCn1c(C)nc2ccccc21)NCc1ccc(C)cc1OCCOC.